The molecule has 0 bridgehead atoms. The van der Waals surface area contributed by atoms with Crippen LogP contribution in [0.3, 0.4) is 0 Å². The number of para-hydroxylation sites is 1. The van der Waals surface area contributed by atoms with Crippen molar-refractivity contribution in [3.8, 4) is 0 Å². The van der Waals surface area contributed by atoms with Crippen LogP contribution in [0.25, 0.3) is 16.5 Å². The Bertz CT molecular complexity index is 1410. The number of hydrogen-bond acceptors (Lipinski definition) is 5. The van der Waals surface area contributed by atoms with Crippen molar-refractivity contribution >= 4 is 36.2 Å². The second kappa shape index (κ2) is 7.18. The topological polar surface area (TPSA) is 81.2 Å². The third-order valence-electron chi connectivity index (χ3n) is 5.51. The van der Waals surface area contributed by atoms with E-state index in [1.54, 1.807) is 30.4 Å². The zero-order valence-electron chi connectivity index (χ0n) is 16.6. The molecule has 0 saturated carbocycles. The Hall–Kier alpha value is -2.77. The van der Waals surface area contributed by atoms with Gasteiger partial charge in [0, 0.05) is 30.5 Å². The number of fused-ring (bicyclic) bond motifs is 1. The van der Waals surface area contributed by atoms with E-state index in [4.69, 9.17) is 0 Å². The molecular weight excluding hydrogens is 418 g/mol. The molecule has 1 atom stereocenters. The van der Waals surface area contributed by atoms with Crippen LogP contribution in [0.2, 0.25) is 0 Å². The minimum atomic E-state index is -3.63. The predicted molar refractivity (Wildman–Crippen MR) is 120 cm³/mol. The quantitative estimate of drug-likeness (QED) is 0.615. The smallest absolute Gasteiger partial charge is 0.177 e. The number of sulfone groups is 2. The molecule has 1 aromatic heterocycles. The molecule has 0 spiro atoms. The second-order valence-corrected chi connectivity index (χ2v) is 11.8. The van der Waals surface area contributed by atoms with Crippen LogP contribution < -0.4 is 0 Å². The van der Waals surface area contributed by atoms with E-state index in [2.05, 4.69) is 4.98 Å². The number of rotatable bonds is 4. The van der Waals surface area contributed by atoms with Crippen LogP contribution in [0.5, 0.6) is 0 Å². The molecular formula is C23H21NO4S2. The van der Waals surface area contributed by atoms with Gasteiger partial charge in [-0.2, -0.15) is 0 Å². The van der Waals surface area contributed by atoms with Crippen molar-refractivity contribution in [2.24, 2.45) is 0 Å². The Kier molecular flexibility index (Phi) is 4.91. The molecule has 1 aliphatic rings. The van der Waals surface area contributed by atoms with E-state index in [1.165, 1.54) is 18.5 Å². The first-order valence-electron chi connectivity index (χ1n) is 9.35. The fourth-order valence-electron chi connectivity index (χ4n) is 4.03. The molecule has 1 aliphatic carbocycles. The molecule has 0 fully saturated rings. The Morgan fingerprint density at radius 2 is 1.63 bits per heavy atom. The minimum Gasteiger partial charge on any atom is -0.255 e. The normalized spacial score (nSPS) is 19.6. The summed E-state index contributed by atoms with van der Waals surface area (Å²) < 4.78 is 49.6. The van der Waals surface area contributed by atoms with Crippen molar-refractivity contribution in [2.45, 2.75) is 16.1 Å². The van der Waals surface area contributed by atoms with Crippen LogP contribution in [0.15, 0.2) is 83.9 Å². The van der Waals surface area contributed by atoms with E-state index in [1.807, 2.05) is 36.4 Å². The van der Waals surface area contributed by atoms with Gasteiger partial charge in [-0.25, -0.2) is 16.8 Å². The van der Waals surface area contributed by atoms with Crippen LogP contribution in [0, 0.1) is 0 Å². The average Bonchev–Trinajstić information content (AvgIpc) is 2.72. The van der Waals surface area contributed by atoms with E-state index >= 15 is 0 Å². The lowest BCUT2D eigenvalue weighted by Gasteiger charge is -2.33. The molecule has 7 heteroatoms. The molecule has 5 nitrogen and oxygen atoms in total. The van der Waals surface area contributed by atoms with Gasteiger partial charge in [0.1, 0.15) is 4.75 Å². The van der Waals surface area contributed by atoms with Crippen LogP contribution in [-0.4, -0.2) is 34.3 Å². The number of nitrogens with zero attached hydrogens (tertiary/aromatic N) is 1. The monoisotopic (exact) mass is 439 g/mol. The fraction of sp³-hybridized carbons (Fsp3) is 0.174. The molecule has 0 saturated heterocycles. The number of allylic oxidation sites excluding steroid dienone is 3. The zero-order chi connectivity index (χ0) is 21.6. The molecule has 2 aromatic carbocycles. The number of pyridine rings is 1. The molecule has 1 unspecified atom stereocenters. The maximum atomic E-state index is 13.2. The zero-order valence-corrected chi connectivity index (χ0v) is 18.2. The molecule has 0 aliphatic heterocycles. The van der Waals surface area contributed by atoms with Crippen LogP contribution in [0.1, 0.15) is 17.5 Å². The molecule has 30 heavy (non-hydrogen) atoms. The predicted octanol–water partition coefficient (Wildman–Crippen LogP) is 3.92. The number of aromatic nitrogens is 1. The van der Waals surface area contributed by atoms with Gasteiger partial charge in [0.2, 0.25) is 0 Å². The Labute approximate surface area is 176 Å². The van der Waals surface area contributed by atoms with E-state index in [-0.39, 0.29) is 16.8 Å². The molecule has 3 aromatic rings. The fourth-order valence-corrected chi connectivity index (χ4v) is 6.19. The first-order chi connectivity index (χ1) is 14.1. The summed E-state index contributed by atoms with van der Waals surface area (Å²) in [6, 6.07) is 16.2. The summed E-state index contributed by atoms with van der Waals surface area (Å²) in [5, 5.41) is 0.518. The van der Waals surface area contributed by atoms with Crippen LogP contribution in [-0.2, 0) is 24.4 Å². The molecule has 0 radical (unpaired) electrons. The summed E-state index contributed by atoms with van der Waals surface area (Å²) in [4.78, 5) is 4.37. The maximum Gasteiger partial charge on any atom is 0.177 e. The van der Waals surface area contributed by atoms with Gasteiger partial charge in [-0.05, 0) is 28.8 Å². The van der Waals surface area contributed by atoms with Gasteiger partial charge in [0.05, 0.1) is 10.4 Å². The highest BCUT2D eigenvalue weighted by Gasteiger charge is 2.43. The van der Waals surface area contributed by atoms with Gasteiger partial charge in [0.15, 0.2) is 19.7 Å². The Morgan fingerprint density at radius 1 is 0.900 bits per heavy atom. The van der Waals surface area contributed by atoms with Gasteiger partial charge in [0.25, 0.3) is 0 Å². The van der Waals surface area contributed by atoms with Crippen molar-refractivity contribution in [3.63, 3.8) is 0 Å². The third-order valence-corrected chi connectivity index (χ3v) is 8.46. The van der Waals surface area contributed by atoms with E-state index < -0.39 is 24.4 Å². The van der Waals surface area contributed by atoms with Crippen LogP contribution in [0.4, 0.5) is 0 Å². The van der Waals surface area contributed by atoms with Gasteiger partial charge in [-0.15, -0.1) is 0 Å². The number of benzene rings is 2. The summed E-state index contributed by atoms with van der Waals surface area (Å²) >= 11 is 0. The lowest BCUT2D eigenvalue weighted by atomic mass is 9.83. The molecule has 0 amide bonds. The summed E-state index contributed by atoms with van der Waals surface area (Å²) in [5.74, 6) is 0. The third kappa shape index (κ3) is 3.38. The summed E-state index contributed by atoms with van der Waals surface area (Å²) in [6.45, 7) is 0. The maximum absolute atomic E-state index is 13.2. The second-order valence-electron chi connectivity index (χ2n) is 7.54. The molecule has 1 heterocycles. The van der Waals surface area contributed by atoms with E-state index in [0.29, 0.717) is 10.9 Å². The standard InChI is InChI=1S/C23H21NO4S2/c1-29(25,26)21-12-6-11-19-20(13-15-24-22(19)21)23(30(2,27)28)14-7-10-18(16-23)17-8-4-3-5-9-17/h3-15H,16H2,1-2H3. The molecule has 154 valence electrons. The lowest BCUT2D eigenvalue weighted by Crippen LogP contribution is -2.35. The summed E-state index contributed by atoms with van der Waals surface area (Å²) in [7, 11) is -7.15. The van der Waals surface area contributed by atoms with Gasteiger partial charge in [-0.3, -0.25) is 4.98 Å². The SMILES string of the molecule is CS(=O)(=O)c1cccc2c(C3(S(C)(=O)=O)C=CC=C(c4ccccc4)C3)ccnc12. The van der Waals surface area contributed by atoms with Crippen molar-refractivity contribution in [1.82, 2.24) is 4.98 Å². The molecule has 4 rings (SSSR count). The highest BCUT2D eigenvalue weighted by Crippen LogP contribution is 2.45. The first-order valence-corrected chi connectivity index (χ1v) is 13.1. The lowest BCUT2D eigenvalue weighted by molar-refractivity contribution is 0.567. The van der Waals surface area contributed by atoms with Gasteiger partial charge in [-0.1, -0.05) is 60.7 Å². The first kappa shape index (κ1) is 20.5. The van der Waals surface area contributed by atoms with Crippen molar-refractivity contribution in [2.75, 3.05) is 12.5 Å². The molecule has 0 N–H and O–H groups in total. The van der Waals surface area contributed by atoms with Crippen molar-refractivity contribution < 1.29 is 16.8 Å². The van der Waals surface area contributed by atoms with Crippen molar-refractivity contribution in [3.05, 3.63) is 90.1 Å². The highest BCUT2D eigenvalue weighted by atomic mass is 32.2. The summed E-state index contributed by atoms with van der Waals surface area (Å²) in [6.07, 6.45) is 9.44. The minimum absolute atomic E-state index is 0.0871. The van der Waals surface area contributed by atoms with Crippen molar-refractivity contribution in [1.29, 1.82) is 0 Å². The highest BCUT2D eigenvalue weighted by molar-refractivity contribution is 7.92. The Balaban J connectivity index is 2.00. The van der Waals surface area contributed by atoms with E-state index in [0.717, 1.165) is 17.4 Å². The summed E-state index contributed by atoms with van der Waals surface area (Å²) in [5.41, 5.74) is 2.65. The Morgan fingerprint density at radius 3 is 2.30 bits per heavy atom. The average molecular weight is 440 g/mol. The van der Waals surface area contributed by atoms with Crippen LogP contribution >= 0.6 is 0 Å². The largest absolute Gasteiger partial charge is 0.255 e. The van der Waals surface area contributed by atoms with Gasteiger partial charge >= 0.3 is 0 Å². The van der Waals surface area contributed by atoms with E-state index in [9.17, 15) is 16.8 Å². The number of hydrogen-bond donors (Lipinski definition) is 0. The van der Waals surface area contributed by atoms with Gasteiger partial charge < -0.3 is 0 Å².